The third kappa shape index (κ3) is 5.82. The number of hydrogen-bond acceptors (Lipinski definition) is 6. The highest BCUT2D eigenvalue weighted by Gasteiger charge is 2.43. The number of nitrogens with zero attached hydrogens (tertiary/aromatic N) is 3. The molecule has 6 nitrogen and oxygen atoms in total. The molecule has 11 heteroatoms. The van der Waals surface area contributed by atoms with E-state index < -0.39 is 34.6 Å². The molecular formula is C26H31F5N4O2. The van der Waals surface area contributed by atoms with Crippen molar-refractivity contribution in [1.82, 2.24) is 15.1 Å². The number of aromatic nitrogens is 2. The Bertz CT molecular complexity index is 1100. The largest absolute Gasteiger partial charge is 0.491 e. The van der Waals surface area contributed by atoms with Gasteiger partial charge >= 0.3 is 6.18 Å². The number of fused-ring (bicyclic) bond motifs is 1. The Hall–Kier alpha value is -2.53. The lowest BCUT2D eigenvalue weighted by Crippen LogP contribution is -2.32. The molecule has 1 aromatic carbocycles. The maximum atomic E-state index is 14.6. The van der Waals surface area contributed by atoms with Crippen LogP contribution in [0.1, 0.15) is 38.2 Å². The highest BCUT2D eigenvalue weighted by molar-refractivity contribution is 5.64. The van der Waals surface area contributed by atoms with E-state index in [1.54, 1.807) is 6.92 Å². The van der Waals surface area contributed by atoms with Gasteiger partial charge in [0.1, 0.15) is 11.4 Å². The van der Waals surface area contributed by atoms with Gasteiger partial charge in [0.15, 0.2) is 17.4 Å². The van der Waals surface area contributed by atoms with Gasteiger partial charge in [0.05, 0.1) is 12.3 Å². The van der Waals surface area contributed by atoms with E-state index in [2.05, 4.69) is 20.4 Å². The summed E-state index contributed by atoms with van der Waals surface area (Å²) in [6.07, 6.45) is -1.07. The second-order valence-corrected chi connectivity index (χ2v) is 10.3. The van der Waals surface area contributed by atoms with Crippen LogP contribution < -0.4 is 10.1 Å². The first-order valence-electron chi connectivity index (χ1n) is 12.8. The van der Waals surface area contributed by atoms with Crippen LogP contribution in [0.2, 0.25) is 0 Å². The van der Waals surface area contributed by atoms with Gasteiger partial charge in [-0.15, -0.1) is 10.2 Å². The molecule has 0 spiro atoms. The number of anilines is 1. The van der Waals surface area contributed by atoms with E-state index in [-0.39, 0.29) is 24.2 Å². The zero-order valence-corrected chi connectivity index (χ0v) is 20.7. The van der Waals surface area contributed by atoms with Crippen LogP contribution in [-0.4, -0.2) is 60.6 Å². The minimum absolute atomic E-state index is 0.116. The van der Waals surface area contributed by atoms with Gasteiger partial charge < -0.3 is 19.7 Å². The van der Waals surface area contributed by atoms with Crippen LogP contribution >= 0.6 is 0 Å². The van der Waals surface area contributed by atoms with Crippen molar-refractivity contribution in [2.24, 2.45) is 17.8 Å². The topological polar surface area (TPSA) is 59.5 Å². The summed E-state index contributed by atoms with van der Waals surface area (Å²) in [5.74, 6) is -1.02. The number of rotatable bonds is 7. The predicted octanol–water partition coefficient (Wildman–Crippen LogP) is 5.39. The smallest absolute Gasteiger partial charge is 0.420 e. The number of benzene rings is 1. The minimum Gasteiger partial charge on any atom is -0.491 e. The third-order valence-electron chi connectivity index (χ3n) is 7.72. The molecule has 202 valence electrons. The normalized spacial score (nSPS) is 24.9. The predicted molar refractivity (Wildman–Crippen MR) is 127 cm³/mol. The molecule has 3 fully saturated rings. The summed E-state index contributed by atoms with van der Waals surface area (Å²) >= 11 is 0. The van der Waals surface area contributed by atoms with Gasteiger partial charge in [-0.25, -0.2) is 8.78 Å². The molecule has 1 aromatic heterocycles. The Kier molecular flexibility index (Phi) is 7.53. The Morgan fingerprint density at radius 3 is 2.38 bits per heavy atom. The summed E-state index contributed by atoms with van der Waals surface area (Å²) in [6.45, 7) is 6.34. The molecular weight excluding hydrogens is 495 g/mol. The molecule has 0 bridgehead atoms. The number of halogens is 5. The third-order valence-corrected chi connectivity index (χ3v) is 7.72. The molecule has 2 saturated heterocycles. The van der Waals surface area contributed by atoms with E-state index in [0.29, 0.717) is 17.8 Å². The maximum Gasteiger partial charge on any atom is 0.420 e. The zero-order valence-electron chi connectivity index (χ0n) is 20.7. The molecule has 1 aliphatic carbocycles. The van der Waals surface area contributed by atoms with Crippen LogP contribution in [0.5, 0.6) is 5.75 Å². The van der Waals surface area contributed by atoms with E-state index in [1.165, 1.54) is 0 Å². The number of nitrogens with one attached hydrogen (secondary N) is 1. The summed E-state index contributed by atoms with van der Waals surface area (Å²) < 4.78 is 81.2. The lowest BCUT2D eigenvalue weighted by molar-refractivity contribution is -0.137. The minimum atomic E-state index is -4.75. The number of likely N-dealkylation sites (tertiary alicyclic amines) is 1. The molecule has 3 heterocycles. The molecule has 1 saturated carbocycles. The molecule has 2 aromatic rings. The van der Waals surface area contributed by atoms with E-state index in [0.717, 1.165) is 76.7 Å². The van der Waals surface area contributed by atoms with Crippen molar-refractivity contribution in [2.45, 2.75) is 44.8 Å². The van der Waals surface area contributed by atoms with Gasteiger partial charge in [-0.2, -0.15) is 13.2 Å². The van der Waals surface area contributed by atoms with Crippen molar-refractivity contribution in [3.05, 3.63) is 35.4 Å². The average molecular weight is 527 g/mol. The number of ether oxygens (including phenoxy) is 2. The summed E-state index contributed by atoms with van der Waals surface area (Å²) in [4.78, 5) is 2.49. The van der Waals surface area contributed by atoms with Crippen molar-refractivity contribution in [3.63, 3.8) is 0 Å². The van der Waals surface area contributed by atoms with Crippen LogP contribution in [0.4, 0.5) is 27.8 Å². The molecule has 0 amide bonds. The summed E-state index contributed by atoms with van der Waals surface area (Å²) in [5, 5.41) is 10.5. The van der Waals surface area contributed by atoms with Gasteiger partial charge in [-0.05, 0) is 62.5 Å². The molecule has 5 rings (SSSR count). The Labute approximate surface area is 212 Å². The fraction of sp³-hybridized carbons (Fsp3) is 0.615. The van der Waals surface area contributed by atoms with E-state index >= 15 is 0 Å². The van der Waals surface area contributed by atoms with E-state index in [1.807, 2.05) is 0 Å². The first-order valence-corrected chi connectivity index (χ1v) is 12.8. The molecule has 37 heavy (non-hydrogen) atoms. The second-order valence-electron chi connectivity index (χ2n) is 10.3. The van der Waals surface area contributed by atoms with Crippen molar-refractivity contribution < 1.29 is 31.4 Å². The highest BCUT2D eigenvalue weighted by Crippen LogP contribution is 2.42. The van der Waals surface area contributed by atoms with Crippen molar-refractivity contribution in [3.8, 4) is 17.0 Å². The lowest BCUT2D eigenvalue weighted by Gasteiger charge is -2.28. The Morgan fingerprint density at radius 2 is 1.73 bits per heavy atom. The molecule has 1 unspecified atom stereocenters. The van der Waals surface area contributed by atoms with Crippen LogP contribution in [0.3, 0.4) is 0 Å². The first kappa shape index (κ1) is 26.1. The lowest BCUT2D eigenvalue weighted by atomic mass is 10.00. The van der Waals surface area contributed by atoms with Gasteiger partial charge in [0.2, 0.25) is 0 Å². The molecule has 0 radical (unpaired) electrons. The number of alkyl halides is 3. The summed E-state index contributed by atoms with van der Waals surface area (Å²) in [6, 6.07) is 2.15. The molecule has 2 aliphatic heterocycles. The monoisotopic (exact) mass is 526 g/mol. The SMILES string of the molecule is CCOc1cc(F)c(-c2cc(C(F)(F)F)c(NC3C[C@@H]4CN(CC5CCOCC5)C[C@@H]4C3)nn2)cc1F. The van der Waals surface area contributed by atoms with Gasteiger partial charge in [-0.3, -0.25) is 0 Å². The summed E-state index contributed by atoms with van der Waals surface area (Å²) in [5.41, 5.74) is -1.86. The van der Waals surface area contributed by atoms with Crippen molar-refractivity contribution >= 4 is 5.82 Å². The van der Waals surface area contributed by atoms with Gasteiger partial charge in [0.25, 0.3) is 0 Å². The Balaban J connectivity index is 1.28. The standard InChI is InChI=1S/C26H31F5N4O2/c1-2-37-24-11-21(27)19(9-22(24)28)23-10-20(26(29,30)31)25(34-33-23)32-18-7-16-13-35(14-17(16)8-18)12-15-3-5-36-6-4-15/h9-11,15-18H,2-8,12-14H2,1H3,(H,32,34)/t16-,17+,18?. The summed E-state index contributed by atoms with van der Waals surface area (Å²) in [7, 11) is 0. The molecule has 3 atom stereocenters. The fourth-order valence-electron chi connectivity index (χ4n) is 5.99. The van der Waals surface area contributed by atoms with Crippen LogP contribution in [-0.2, 0) is 10.9 Å². The van der Waals surface area contributed by atoms with Gasteiger partial charge in [-0.1, -0.05) is 0 Å². The van der Waals surface area contributed by atoms with Crippen molar-refractivity contribution in [1.29, 1.82) is 0 Å². The molecule has 1 N–H and O–H groups in total. The Morgan fingerprint density at radius 1 is 1.03 bits per heavy atom. The number of hydrogen-bond donors (Lipinski definition) is 1. The van der Waals surface area contributed by atoms with Crippen LogP contribution in [0.15, 0.2) is 18.2 Å². The van der Waals surface area contributed by atoms with Gasteiger partial charge in [0, 0.05) is 50.5 Å². The fourth-order valence-corrected chi connectivity index (χ4v) is 5.99. The zero-order chi connectivity index (χ0) is 26.2. The first-order chi connectivity index (χ1) is 17.7. The van der Waals surface area contributed by atoms with Crippen LogP contribution in [0.25, 0.3) is 11.3 Å². The van der Waals surface area contributed by atoms with Crippen LogP contribution in [0, 0.1) is 29.4 Å². The van der Waals surface area contributed by atoms with E-state index in [9.17, 15) is 22.0 Å². The second kappa shape index (κ2) is 10.7. The maximum absolute atomic E-state index is 14.6. The average Bonchev–Trinajstić information content (AvgIpc) is 3.39. The highest BCUT2D eigenvalue weighted by atomic mass is 19.4. The quantitative estimate of drug-likeness (QED) is 0.489. The van der Waals surface area contributed by atoms with Crippen molar-refractivity contribution in [2.75, 3.05) is 44.8 Å². The molecule has 3 aliphatic rings. The van der Waals surface area contributed by atoms with E-state index in [4.69, 9.17) is 9.47 Å².